The largest absolute Gasteiger partial charge is 0.491 e. The van der Waals surface area contributed by atoms with E-state index >= 15 is 0 Å². The molecule has 0 fully saturated rings. The molecule has 1 N–H and O–H groups in total. The minimum absolute atomic E-state index is 0.183. The van der Waals surface area contributed by atoms with Crippen LogP contribution in [0.1, 0.15) is 31.0 Å². The first-order valence-electron chi connectivity index (χ1n) is 6.79. The van der Waals surface area contributed by atoms with Crippen LogP contribution in [0.4, 0.5) is 0 Å². The van der Waals surface area contributed by atoms with Crippen LogP contribution in [-0.2, 0) is 0 Å². The fraction of sp³-hybridized carbons (Fsp3) is 0.294. The smallest absolute Gasteiger partial charge is 0.120 e. The molecule has 0 spiro atoms. The number of benzene rings is 2. The van der Waals surface area contributed by atoms with Gasteiger partial charge in [-0.25, -0.2) is 0 Å². The summed E-state index contributed by atoms with van der Waals surface area (Å²) in [6.45, 7) is 4.09. The summed E-state index contributed by atoms with van der Waals surface area (Å²) < 4.78 is 7.02. The van der Waals surface area contributed by atoms with Crippen LogP contribution in [0, 0.1) is 3.57 Å². The summed E-state index contributed by atoms with van der Waals surface area (Å²) in [6.07, 6.45) is 0.191. The molecule has 2 nitrogen and oxygen atoms in total. The van der Waals surface area contributed by atoms with Crippen molar-refractivity contribution in [2.45, 2.75) is 26.0 Å². The Labute approximate surface area is 134 Å². The molecule has 0 aromatic heterocycles. The summed E-state index contributed by atoms with van der Waals surface area (Å²) >= 11 is 2.32. The lowest BCUT2D eigenvalue weighted by atomic mass is 9.99. The highest BCUT2D eigenvalue weighted by Gasteiger charge is 2.12. The van der Waals surface area contributed by atoms with Crippen molar-refractivity contribution in [1.82, 2.24) is 5.32 Å². The van der Waals surface area contributed by atoms with E-state index in [2.05, 4.69) is 64.3 Å². The van der Waals surface area contributed by atoms with Crippen molar-refractivity contribution in [3.05, 3.63) is 63.2 Å². The van der Waals surface area contributed by atoms with Gasteiger partial charge in [-0.1, -0.05) is 24.3 Å². The molecule has 2 rings (SSSR count). The average molecular weight is 381 g/mol. The van der Waals surface area contributed by atoms with Crippen LogP contribution in [0.3, 0.4) is 0 Å². The predicted molar refractivity (Wildman–Crippen MR) is 92.3 cm³/mol. The van der Waals surface area contributed by atoms with Crippen molar-refractivity contribution in [3.8, 4) is 5.75 Å². The van der Waals surface area contributed by atoms with Gasteiger partial charge >= 0.3 is 0 Å². The van der Waals surface area contributed by atoms with E-state index in [-0.39, 0.29) is 12.1 Å². The zero-order valence-electron chi connectivity index (χ0n) is 12.1. The van der Waals surface area contributed by atoms with E-state index in [0.717, 1.165) is 5.75 Å². The molecule has 2 aromatic carbocycles. The summed E-state index contributed by atoms with van der Waals surface area (Å²) in [5.74, 6) is 0.920. The van der Waals surface area contributed by atoms with E-state index in [1.165, 1.54) is 14.7 Å². The van der Waals surface area contributed by atoms with Crippen molar-refractivity contribution < 1.29 is 4.74 Å². The number of hydrogen-bond acceptors (Lipinski definition) is 2. The molecule has 106 valence electrons. The van der Waals surface area contributed by atoms with Crippen LogP contribution >= 0.6 is 22.6 Å². The second kappa shape index (κ2) is 7.09. The Bertz CT molecular complexity index is 551. The van der Waals surface area contributed by atoms with E-state index in [1.54, 1.807) is 0 Å². The van der Waals surface area contributed by atoms with Gasteiger partial charge < -0.3 is 10.1 Å². The quantitative estimate of drug-likeness (QED) is 0.776. The van der Waals surface area contributed by atoms with E-state index in [4.69, 9.17) is 4.74 Å². The second-order valence-electron chi connectivity index (χ2n) is 5.01. The zero-order valence-corrected chi connectivity index (χ0v) is 14.2. The third-order valence-electron chi connectivity index (χ3n) is 3.06. The van der Waals surface area contributed by atoms with Gasteiger partial charge in [0.15, 0.2) is 0 Å². The molecule has 0 saturated heterocycles. The van der Waals surface area contributed by atoms with Gasteiger partial charge in [-0.2, -0.15) is 0 Å². The van der Waals surface area contributed by atoms with Crippen molar-refractivity contribution in [2.24, 2.45) is 0 Å². The van der Waals surface area contributed by atoms with Crippen molar-refractivity contribution in [3.63, 3.8) is 0 Å². The molecular weight excluding hydrogens is 361 g/mol. The van der Waals surface area contributed by atoms with Gasteiger partial charge in [0, 0.05) is 3.57 Å². The third-order valence-corrected chi connectivity index (χ3v) is 3.77. The maximum atomic E-state index is 5.78. The Morgan fingerprint density at radius 2 is 1.70 bits per heavy atom. The van der Waals surface area contributed by atoms with Crippen LogP contribution in [0.5, 0.6) is 5.75 Å². The number of hydrogen-bond donors (Lipinski definition) is 1. The summed E-state index contributed by atoms with van der Waals surface area (Å²) in [4.78, 5) is 0. The van der Waals surface area contributed by atoms with E-state index < -0.39 is 0 Å². The predicted octanol–water partition coefficient (Wildman–Crippen LogP) is 4.39. The van der Waals surface area contributed by atoms with Gasteiger partial charge in [0.1, 0.15) is 5.75 Å². The summed E-state index contributed by atoms with van der Waals surface area (Å²) in [5.41, 5.74) is 2.47. The lowest BCUT2D eigenvalue weighted by Crippen LogP contribution is -2.17. The lowest BCUT2D eigenvalue weighted by molar-refractivity contribution is 0.242. The third kappa shape index (κ3) is 3.96. The van der Waals surface area contributed by atoms with Crippen LogP contribution in [0.2, 0.25) is 0 Å². The minimum atomic E-state index is 0.183. The van der Waals surface area contributed by atoms with Crippen molar-refractivity contribution in [2.75, 3.05) is 7.05 Å². The monoisotopic (exact) mass is 381 g/mol. The topological polar surface area (TPSA) is 21.3 Å². The number of rotatable bonds is 5. The molecule has 3 heteroatoms. The molecule has 1 atom stereocenters. The van der Waals surface area contributed by atoms with Gasteiger partial charge in [0.2, 0.25) is 0 Å². The summed E-state index contributed by atoms with van der Waals surface area (Å²) in [5, 5.41) is 3.38. The van der Waals surface area contributed by atoms with Gasteiger partial charge in [0.25, 0.3) is 0 Å². The molecule has 0 amide bonds. The fourth-order valence-corrected chi connectivity index (χ4v) is 2.58. The van der Waals surface area contributed by atoms with Crippen LogP contribution in [0.15, 0.2) is 48.5 Å². The maximum Gasteiger partial charge on any atom is 0.120 e. The SMILES string of the molecule is CNC(c1ccc(I)cc1)c1cccc(OC(C)C)c1. The number of nitrogens with one attached hydrogen (secondary N) is 1. The standard InChI is InChI=1S/C17H20INO/c1-12(2)20-16-6-4-5-14(11-16)17(19-3)13-7-9-15(18)10-8-13/h4-12,17,19H,1-3H3. The summed E-state index contributed by atoms with van der Waals surface area (Å²) in [6, 6.07) is 17.1. The van der Waals surface area contributed by atoms with Crippen LogP contribution in [0.25, 0.3) is 0 Å². The molecule has 0 aliphatic heterocycles. The van der Waals surface area contributed by atoms with Gasteiger partial charge in [-0.15, -0.1) is 0 Å². The second-order valence-corrected chi connectivity index (χ2v) is 6.26. The highest BCUT2D eigenvalue weighted by Crippen LogP contribution is 2.26. The van der Waals surface area contributed by atoms with Crippen LogP contribution in [-0.4, -0.2) is 13.2 Å². The van der Waals surface area contributed by atoms with Crippen molar-refractivity contribution >= 4 is 22.6 Å². The first kappa shape index (κ1) is 15.3. The molecule has 0 saturated carbocycles. The van der Waals surface area contributed by atoms with Crippen LogP contribution < -0.4 is 10.1 Å². The fourth-order valence-electron chi connectivity index (χ4n) is 2.22. The molecule has 0 aliphatic carbocycles. The maximum absolute atomic E-state index is 5.78. The number of halogens is 1. The van der Waals surface area contributed by atoms with E-state index in [9.17, 15) is 0 Å². The zero-order chi connectivity index (χ0) is 14.5. The Balaban J connectivity index is 2.29. The first-order chi connectivity index (χ1) is 9.60. The Morgan fingerprint density at radius 1 is 1.00 bits per heavy atom. The Kier molecular flexibility index (Phi) is 5.43. The molecular formula is C17H20INO. The molecule has 1 unspecified atom stereocenters. The minimum Gasteiger partial charge on any atom is -0.491 e. The molecule has 0 heterocycles. The molecule has 20 heavy (non-hydrogen) atoms. The van der Waals surface area contributed by atoms with E-state index in [1.807, 2.05) is 33.0 Å². The Hall–Kier alpha value is -1.07. The van der Waals surface area contributed by atoms with Gasteiger partial charge in [-0.05, 0) is 78.9 Å². The van der Waals surface area contributed by atoms with Gasteiger partial charge in [-0.3, -0.25) is 0 Å². The normalized spacial score (nSPS) is 12.4. The van der Waals surface area contributed by atoms with E-state index in [0.29, 0.717) is 0 Å². The van der Waals surface area contributed by atoms with Gasteiger partial charge in [0.05, 0.1) is 12.1 Å². The summed E-state index contributed by atoms with van der Waals surface area (Å²) in [7, 11) is 1.98. The highest BCUT2D eigenvalue weighted by molar-refractivity contribution is 14.1. The van der Waals surface area contributed by atoms with Crippen molar-refractivity contribution in [1.29, 1.82) is 0 Å². The highest BCUT2D eigenvalue weighted by atomic mass is 127. The number of ether oxygens (including phenoxy) is 1. The molecule has 2 aromatic rings. The molecule has 0 bridgehead atoms. The average Bonchev–Trinajstić information content (AvgIpc) is 2.41. The lowest BCUT2D eigenvalue weighted by Gasteiger charge is -2.19. The first-order valence-corrected chi connectivity index (χ1v) is 7.87. The molecule has 0 radical (unpaired) electrons. The molecule has 0 aliphatic rings. The Morgan fingerprint density at radius 3 is 2.30 bits per heavy atom.